The Balaban J connectivity index is 2.26. The number of halogens is 3. The fourth-order valence-electron chi connectivity index (χ4n) is 1.89. The van der Waals surface area contributed by atoms with Crippen molar-refractivity contribution in [2.75, 3.05) is 13.2 Å². The lowest BCUT2D eigenvalue weighted by atomic mass is 9.91. The lowest BCUT2D eigenvalue weighted by Gasteiger charge is -2.21. The van der Waals surface area contributed by atoms with Crippen molar-refractivity contribution in [2.45, 2.75) is 12.8 Å². The van der Waals surface area contributed by atoms with Crippen molar-refractivity contribution < 1.29 is 18.3 Å². The van der Waals surface area contributed by atoms with E-state index in [1.54, 1.807) is 0 Å². The summed E-state index contributed by atoms with van der Waals surface area (Å²) in [4.78, 5) is 12.0. The highest BCUT2D eigenvalue weighted by atomic mass is 79.9. The summed E-state index contributed by atoms with van der Waals surface area (Å²) < 4.78 is 32.0. The van der Waals surface area contributed by atoms with Crippen molar-refractivity contribution in [2.24, 2.45) is 5.92 Å². The average Bonchev–Trinajstić information content (AvgIpc) is 2.34. The van der Waals surface area contributed by atoms with E-state index in [0.717, 1.165) is 12.1 Å². The molecule has 1 aliphatic rings. The van der Waals surface area contributed by atoms with Gasteiger partial charge < -0.3 is 4.74 Å². The van der Waals surface area contributed by atoms with Gasteiger partial charge in [0.2, 0.25) is 0 Å². The van der Waals surface area contributed by atoms with Crippen molar-refractivity contribution >= 4 is 21.7 Å². The number of rotatable bonds is 2. The van der Waals surface area contributed by atoms with Crippen LogP contribution < -0.4 is 0 Å². The Bertz CT molecular complexity index is 442. The van der Waals surface area contributed by atoms with E-state index in [9.17, 15) is 13.6 Å². The number of hydrogen-bond donors (Lipinski definition) is 0. The highest BCUT2D eigenvalue weighted by Crippen LogP contribution is 2.25. The minimum absolute atomic E-state index is 0.0264. The molecule has 1 saturated heterocycles. The summed E-state index contributed by atoms with van der Waals surface area (Å²) >= 11 is 2.88. The number of carbonyl (C=O) groups excluding carboxylic acids is 1. The molecule has 0 aliphatic carbocycles. The van der Waals surface area contributed by atoms with Gasteiger partial charge in [-0.1, -0.05) is 0 Å². The van der Waals surface area contributed by atoms with Crippen molar-refractivity contribution in [3.63, 3.8) is 0 Å². The Hall–Kier alpha value is -0.810. The van der Waals surface area contributed by atoms with Gasteiger partial charge in [-0.05, 0) is 40.9 Å². The van der Waals surface area contributed by atoms with Gasteiger partial charge in [0, 0.05) is 19.1 Å². The quantitative estimate of drug-likeness (QED) is 0.619. The first-order valence-electron chi connectivity index (χ1n) is 5.36. The lowest BCUT2D eigenvalue weighted by Crippen LogP contribution is -2.24. The Morgan fingerprint density at radius 1 is 1.24 bits per heavy atom. The molecule has 0 N–H and O–H groups in total. The third-order valence-corrected chi connectivity index (χ3v) is 3.48. The Labute approximate surface area is 106 Å². The molecule has 5 heteroatoms. The minimum atomic E-state index is -0.685. The first-order valence-corrected chi connectivity index (χ1v) is 6.15. The molecule has 0 unspecified atom stereocenters. The van der Waals surface area contributed by atoms with Crippen molar-refractivity contribution in [3.05, 3.63) is 33.8 Å². The Kier molecular flexibility index (Phi) is 3.89. The van der Waals surface area contributed by atoms with Crippen LogP contribution in [0.4, 0.5) is 8.78 Å². The number of benzene rings is 1. The van der Waals surface area contributed by atoms with E-state index < -0.39 is 11.6 Å². The van der Waals surface area contributed by atoms with Gasteiger partial charge in [0.05, 0.1) is 10.0 Å². The summed E-state index contributed by atoms with van der Waals surface area (Å²) in [5.74, 6) is -1.91. The minimum Gasteiger partial charge on any atom is -0.381 e. The Morgan fingerprint density at radius 2 is 1.88 bits per heavy atom. The zero-order chi connectivity index (χ0) is 12.4. The zero-order valence-corrected chi connectivity index (χ0v) is 10.6. The second-order valence-corrected chi connectivity index (χ2v) is 4.85. The molecule has 1 fully saturated rings. The molecular weight excluding hydrogens is 294 g/mol. The molecule has 92 valence electrons. The highest BCUT2D eigenvalue weighted by molar-refractivity contribution is 9.10. The van der Waals surface area contributed by atoms with E-state index in [0.29, 0.717) is 26.1 Å². The number of carbonyl (C=O) groups is 1. The Morgan fingerprint density at radius 3 is 2.53 bits per heavy atom. The largest absolute Gasteiger partial charge is 0.381 e. The summed E-state index contributed by atoms with van der Waals surface area (Å²) in [6.07, 6.45) is 1.13. The van der Waals surface area contributed by atoms with Crippen LogP contribution in [0.1, 0.15) is 23.2 Å². The van der Waals surface area contributed by atoms with Crippen LogP contribution in [0, 0.1) is 17.6 Å². The molecule has 17 heavy (non-hydrogen) atoms. The normalized spacial score (nSPS) is 17.1. The fourth-order valence-corrected chi connectivity index (χ4v) is 2.21. The highest BCUT2D eigenvalue weighted by Gasteiger charge is 2.25. The van der Waals surface area contributed by atoms with Crippen molar-refractivity contribution in [1.82, 2.24) is 0 Å². The molecule has 0 bridgehead atoms. The molecule has 0 aromatic heterocycles. The lowest BCUT2D eigenvalue weighted by molar-refractivity contribution is 0.0542. The van der Waals surface area contributed by atoms with E-state index in [-0.39, 0.29) is 21.7 Å². The molecule has 1 aromatic rings. The van der Waals surface area contributed by atoms with Gasteiger partial charge in [-0.3, -0.25) is 4.79 Å². The number of Topliss-reactive ketones (excluding diaryl/α,β-unsaturated/α-hetero) is 1. The average molecular weight is 305 g/mol. The van der Waals surface area contributed by atoms with Crippen molar-refractivity contribution in [1.29, 1.82) is 0 Å². The molecular formula is C12H11BrF2O2. The van der Waals surface area contributed by atoms with Crippen molar-refractivity contribution in [3.8, 4) is 0 Å². The van der Waals surface area contributed by atoms with Crippen LogP contribution in [0.3, 0.4) is 0 Å². The predicted molar refractivity (Wildman–Crippen MR) is 61.9 cm³/mol. The molecule has 0 atom stereocenters. The summed E-state index contributed by atoms with van der Waals surface area (Å²) in [6, 6.07) is 1.94. The maximum atomic E-state index is 13.6. The molecule has 0 spiro atoms. The zero-order valence-electron chi connectivity index (χ0n) is 9.01. The van der Waals surface area contributed by atoms with Gasteiger partial charge in [-0.25, -0.2) is 8.78 Å². The van der Waals surface area contributed by atoms with Gasteiger partial charge in [0.1, 0.15) is 11.6 Å². The standard InChI is InChI=1S/C12H11BrF2O2/c13-9-6-10(14)8(5-11(9)15)12(16)7-1-3-17-4-2-7/h5-7H,1-4H2. The number of ketones is 1. The van der Waals surface area contributed by atoms with Crippen LogP contribution in [0.25, 0.3) is 0 Å². The van der Waals surface area contributed by atoms with Crippen LogP contribution in [0.5, 0.6) is 0 Å². The molecule has 2 nitrogen and oxygen atoms in total. The van der Waals surface area contributed by atoms with Crippen LogP contribution in [-0.4, -0.2) is 19.0 Å². The summed E-state index contributed by atoms with van der Waals surface area (Å²) in [5, 5.41) is 0. The predicted octanol–water partition coefficient (Wildman–Crippen LogP) is 3.34. The monoisotopic (exact) mass is 304 g/mol. The molecule has 0 saturated carbocycles. The SMILES string of the molecule is O=C(c1cc(F)c(Br)cc1F)C1CCOCC1. The van der Waals surface area contributed by atoms with Gasteiger partial charge in [-0.15, -0.1) is 0 Å². The molecule has 1 aliphatic heterocycles. The first-order chi connectivity index (χ1) is 8.09. The molecule has 1 heterocycles. The van der Waals surface area contributed by atoms with E-state index in [2.05, 4.69) is 15.9 Å². The fraction of sp³-hybridized carbons (Fsp3) is 0.417. The molecule has 2 rings (SSSR count). The third-order valence-electron chi connectivity index (χ3n) is 2.87. The summed E-state index contributed by atoms with van der Waals surface area (Å²) in [5.41, 5.74) is -0.169. The van der Waals surface area contributed by atoms with E-state index >= 15 is 0 Å². The number of hydrogen-bond acceptors (Lipinski definition) is 2. The maximum Gasteiger partial charge on any atom is 0.169 e. The van der Waals surface area contributed by atoms with Gasteiger partial charge in [0.15, 0.2) is 5.78 Å². The smallest absolute Gasteiger partial charge is 0.169 e. The van der Waals surface area contributed by atoms with E-state index in [1.807, 2.05) is 0 Å². The summed E-state index contributed by atoms with van der Waals surface area (Å²) in [7, 11) is 0. The van der Waals surface area contributed by atoms with Gasteiger partial charge in [0.25, 0.3) is 0 Å². The van der Waals surface area contributed by atoms with Crippen LogP contribution in [-0.2, 0) is 4.74 Å². The summed E-state index contributed by atoms with van der Waals surface area (Å²) in [6.45, 7) is 0.994. The van der Waals surface area contributed by atoms with Crippen LogP contribution >= 0.6 is 15.9 Å². The second kappa shape index (κ2) is 5.23. The second-order valence-electron chi connectivity index (χ2n) is 4.00. The molecule has 0 radical (unpaired) electrons. The molecule has 0 amide bonds. The van der Waals surface area contributed by atoms with Crippen LogP contribution in [0.2, 0.25) is 0 Å². The van der Waals surface area contributed by atoms with E-state index in [4.69, 9.17) is 4.74 Å². The van der Waals surface area contributed by atoms with Gasteiger partial charge >= 0.3 is 0 Å². The number of ether oxygens (including phenoxy) is 1. The first kappa shape index (κ1) is 12.6. The maximum absolute atomic E-state index is 13.6. The third kappa shape index (κ3) is 2.72. The van der Waals surface area contributed by atoms with Crippen LogP contribution in [0.15, 0.2) is 16.6 Å². The van der Waals surface area contributed by atoms with E-state index in [1.165, 1.54) is 0 Å². The van der Waals surface area contributed by atoms with Gasteiger partial charge in [-0.2, -0.15) is 0 Å². The topological polar surface area (TPSA) is 26.3 Å². The molecule has 1 aromatic carbocycles.